The van der Waals surface area contributed by atoms with Crippen molar-refractivity contribution in [2.45, 2.75) is 32.2 Å². The maximum atomic E-state index is 13.0. The van der Waals surface area contributed by atoms with Gasteiger partial charge in [-0.25, -0.2) is 0 Å². The van der Waals surface area contributed by atoms with Crippen LogP contribution in [0.15, 0.2) is 48.7 Å². The van der Waals surface area contributed by atoms with Crippen molar-refractivity contribution < 1.29 is 23.8 Å². The van der Waals surface area contributed by atoms with Crippen molar-refractivity contribution in [1.29, 1.82) is 0 Å². The number of amides is 2. The lowest BCUT2D eigenvalue weighted by Crippen LogP contribution is -2.38. The van der Waals surface area contributed by atoms with E-state index in [2.05, 4.69) is 21.7 Å². The number of benzene rings is 2. The number of aryl methyl sites for hydroxylation is 1. The molecule has 1 atom stereocenters. The Morgan fingerprint density at radius 1 is 0.943 bits per heavy atom. The standard InChI is InChI=1S/C27H29N3O5/c1-16-24(33-3)13-19(14-25(16)34-4)26(31)30-20-7-5-17-6-8-21(12-18(17)11-20)35-22-9-10-29-23(15-22)27(32)28-2/h6,8-10,12-15,20H,5,7,11H2,1-4H3,(H,28,32)(H,30,31). The van der Waals surface area contributed by atoms with Crippen LogP contribution in [0.4, 0.5) is 0 Å². The molecule has 8 nitrogen and oxygen atoms in total. The summed E-state index contributed by atoms with van der Waals surface area (Å²) in [6.45, 7) is 1.89. The first kappa shape index (κ1) is 24.1. The number of carbonyl (C=O) groups is 2. The minimum absolute atomic E-state index is 0.00989. The molecule has 35 heavy (non-hydrogen) atoms. The van der Waals surface area contributed by atoms with Gasteiger partial charge in [-0.05, 0) is 67.6 Å². The first-order valence-electron chi connectivity index (χ1n) is 11.4. The Balaban J connectivity index is 1.47. The lowest BCUT2D eigenvalue weighted by atomic mass is 9.88. The summed E-state index contributed by atoms with van der Waals surface area (Å²) >= 11 is 0. The number of fused-ring (bicyclic) bond motifs is 1. The summed E-state index contributed by atoms with van der Waals surface area (Å²) < 4.78 is 16.8. The second kappa shape index (κ2) is 10.5. The van der Waals surface area contributed by atoms with Gasteiger partial charge in [0.05, 0.1) is 14.2 Å². The molecular formula is C27H29N3O5. The zero-order chi connectivity index (χ0) is 24.9. The average Bonchev–Trinajstić information content (AvgIpc) is 2.88. The third-order valence-corrected chi connectivity index (χ3v) is 6.18. The summed E-state index contributed by atoms with van der Waals surface area (Å²) in [5.41, 5.74) is 4.00. The van der Waals surface area contributed by atoms with E-state index in [-0.39, 0.29) is 23.6 Å². The maximum absolute atomic E-state index is 13.0. The van der Waals surface area contributed by atoms with Gasteiger partial charge in [0.25, 0.3) is 11.8 Å². The van der Waals surface area contributed by atoms with Gasteiger partial charge in [-0.1, -0.05) is 6.07 Å². The fourth-order valence-corrected chi connectivity index (χ4v) is 4.27. The van der Waals surface area contributed by atoms with E-state index in [4.69, 9.17) is 14.2 Å². The van der Waals surface area contributed by atoms with Crippen molar-refractivity contribution in [1.82, 2.24) is 15.6 Å². The van der Waals surface area contributed by atoms with E-state index in [0.29, 0.717) is 35.0 Å². The minimum atomic E-state index is -0.275. The number of pyridine rings is 1. The van der Waals surface area contributed by atoms with E-state index < -0.39 is 0 Å². The topological polar surface area (TPSA) is 98.8 Å². The number of rotatable bonds is 7. The molecule has 1 heterocycles. The van der Waals surface area contributed by atoms with Gasteiger partial charge < -0.3 is 24.8 Å². The van der Waals surface area contributed by atoms with Crippen molar-refractivity contribution in [2.24, 2.45) is 0 Å². The molecule has 3 aromatic rings. The zero-order valence-corrected chi connectivity index (χ0v) is 20.3. The number of hydrogen-bond acceptors (Lipinski definition) is 6. The summed E-state index contributed by atoms with van der Waals surface area (Å²) in [5, 5.41) is 5.71. The summed E-state index contributed by atoms with van der Waals surface area (Å²) in [6, 6.07) is 12.7. The monoisotopic (exact) mass is 475 g/mol. The Morgan fingerprint density at radius 2 is 1.66 bits per heavy atom. The molecule has 4 rings (SSSR count). The van der Waals surface area contributed by atoms with E-state index in [9.17, 15) is 9.59 Å². The van der Waals surface area contributed by atoms with Crippen molar-refractivity contribution in [3.63, 3.8) is 0 Å². The summed E-state index contributed by atoms with van der Waals surface area (Å²) in [7, 11) is 4.71. The van der Waals surface area contributed by atoms with Crippen LogP contribution in [0.3, 0.4) is 0 Å². The Morgan fingerprint density at radius 3 is 2.34 bits per heavy atom. The van der Waals surface area contributed by atoms with Crippen LogP contribution >= 0.6 is 0 Å². The van der Waals surface area contributed by atoms with Crippen LogP contribution in [0.1, 0.15) is 44.0 Å². The van der Waals surface area contributed by atoms with Gasteiger partial charge >= 0.3 is 0 Å². The molecule has 0 radical (unpaired) electrons. The molecular weight excluding hydrogens is 446 g/mol. The minimum Gasteiger partial charge on any atom is -0.496 e. The fraction of sp³-hybridized carbons (Fsp3) is 0.296. The molecule has 0 saturated carbocycles. The highest BCUT2D eigenvalue weighted by atomic mass is 16.5. The van der Waals surface area contributed by atoms with Gasteiger partial charge in [0.1, 0.15) is 28.7 Å². The molecule has 1 unspecified atom stereocenters. The average molecular weight is 476 g/mol. The van der Waals surface area contributed by atoms with Gasteiger partial charge in [0.15, 0.2) is 0 Å². The second-order valence-electron chi connectivity index (χ2n) is 8.41. The highest BCUT2D eigenvalue weighted by Gasteiger charge is 2.22. The van der Waals surface area contributed by atoms with Crippen LogP contribution in [0.2, 0.25) is 0 Å². The first-order valence-corrected chi connectivity index (χ1v) is 11.4. The predicted octanol–water partition coefficient (Wildman–Crippen LogP) is 3.85. The number of nitrogens with zero attached hydrogens (tertiary/aromatic N) is 1. The molecule has 0 spiro atoms. The number of methoxy groups -OCH3 is 2. The van der Waals surface area contributed by atoms with Crippen LogP contribution < -0.4 is 24.8 Å². The quantitative estimate of drug-likeness (QED) is 0.539. The molecule has 2 aromatic carbocycles. The smallest absolute Gasteiger partial charge is 0.269 e. The molecule has 0 fully saturated rings. The zero-order valence-electron chi connectivity index (χ0n) is 20.3. The van der Waals surface area contributed by atoms with Crippen molar-refractivity contribution in [3.05, 3.63) is 76.6 Å². The van der Waals surface area contributed by atoms with Crippen LogP contribution in [0, 0.1) is 6.92 Å². The molecule has 8 heteroatoms. The molecule has 182 valence electrons. The fourth-order valence-electron chi connectivity index (χ4n) is 4.27. The van der Waals surface area contributed by atoms with Crippen LogP contribution in [-0.4, -0.2) is 44.1 Å². The number of carbonyl (C=O) groups excluding carboxylic acids is 2. The molecule has 1 aliphatic rings. The van der Waals surface area contributed by atoms with Crippen LogP contribution in [0.25, 0.3) is 0 Å². The lowest BCUT2D eigenvalue weighted by molar-refractivity contribution is 0.0930. The summed E-state index contributed by atoms with van der Waals surface area (Å²) in [5.74, 6) is 1.98. The van der Waals surface area contributed by atoms with E-state index in [1.54, 1.807) is 51.7 Å². The Kier molecular flexibility index (Phi) is 7.19. The van der Waals surface area contributed by atoms with Crippen LogP contribution in [0.5, 0.6) is 23.0 Å². The van der Waals surface area contributed by atoms with Gasteiger partial charge in [-0.3, -0.25) is 14.6 Å². The number of ether oxygens (including phenoxy) is 3. The van der Waals surface area contributed by atoms with E-state index >= 15 is 0 Å². The van der Waals surface area contributed by atoms with Gasteiger partial charge in [0, 0.05) is 36.5 Å². The normalized spacial score (nSPS) is 14.5. The predicted molar refractivity (Wildman–Crippen MR) is 132 cm³/mol. The molecule has 1 aromatic heterocycles. The van der Waals surface area contributed by atoms with Gasteiger partial charge in [-0.15, -0.1) is 0 Å². The number of aromatic nitrogens is 1. The molecule has 2 N–H and O–H groups in total. The molecule has 0 aliphatic heterocycles. The highest BCUT2D eigenvalue weighted by molar-refractivity contribution is 5.95. The van der Waals surface area contributed by atoms with Crippen molar-refractivity contribution in [3.8, 4) is 23.0 Å². The third kappa shape index (κ3) is 5.37. The van der Waals surface area contributed by atoms with Gasteiger partial charge in [-0.2, -0.15) is 0 Å². The Hall–Kier alpha value is -4.07. The molecule has 0 saturated heterocycles. The molecule has 0 bridgehead atoms. The third-order valence-electron chi connectivity index (χ3n) is 6.18. The Bertz CT molecular complexity index is 1230. The van der Waals surface area contributed by atoms with Crippen molar-refractivity contribution >= 4 is 11.8 Å². The largest absolute Gasteiger partial charge is 0.496 e. The maximum Gasteiger partial charge on any atom is 0.269 e. The van der Waals surface area contributed by atoms with Gasteiger partial charge in [0.2, 0.25) is 0 Å². The summed E-state index contributed by atoms with van der Waals surface area (Å²) in [6.07, 6.45) is 3.94. The summed E-state index contributed by atoms with van der Waals surface area (Å²) in [4.78, 5) is 28.9. The van der Waals surface area contributed by atoms with Crippen LogP contribution in [-0.2, 0) is 12.8 Å². The van der Waals surface area contributed by atoms with Crippen molar-refractivity contribution in [2.75, 3.05) is 21.3 Å². The number of hydrogen-bond donors (Lipinski definition) is 2. The SMILES string of the molecule is CNC(=O)c1cc(Oc2ccc3c(c2)CC(NC(=O)c2cc(OC)c(C)c(OC)c2)CC3)ccn1. The second-order valence-corrected chi connectivity index (χ2v) is 8.41. The van der Waals surface area contributed by atoms with E-state index in [0.717, 1.165) is 24.0 Å². The molecule has 2 amide bonds. The number of nitrogens with one attached hydrogen (secondary N) is 2. The van der Waals surface area contributed by atoms with E-state index in [1.807, 2.05) is 19.1 Å². The first-order chi connectivity index (χ1) is 16.9. The Labute approximate surface area is 204 Å². The molecule has 1 aliphatic carbocycles. The highest BCUT2D eigenvalue weighted by Crippen LogP contribution is 2.31. The van der Waals surface area contributed by atoms with E-state index in [1.165, 1.54) is 5.56 Å². The lowest BCUT2D eigenvalue weighted by Gasteiger charge is -2.26.